The molecule has 0 bridgehead atoms. The number of nitrogens with one attached hydrogen (secondary N) is 1. The van der Waals surface area contributed by atoms with E-state index in [1.54, 1.807) is 0 Å². The maximum Gasteiger partial charge on any atom is 0.0246 e. The van der Waals surface area contributed by atoms with Gasteiger partial charge in [-0.15, -0.1) is 0 Å². The van der Waals surface area contributed by atoms with Crippen LogP contribution in [0.5, 0.6) is 0 Å². The van der Waals surface area contributed by atoms with Crippen molar-refractivity contribution in [2.45, 2.75) is 44.7 Å². The molecule has 0 saturated carbocycles. The Morgan fingerprint density at radius 3 is 2.75 bits per heavy atom. The fraction of sp³-hybridized carbons (Fsp3) is 1.00. The number of piperidine rings is 1. The highest BCUT2D eigenvalue weighted by molar-refractivity contribution is 4.84. The Bertz CT molecular complexity index is 121. The van der Waals surface area contributed by atoms with Gasteiger partial charge in [-0.05, 0) is 39.9 Å². The van der Waals surface area contributed by atoms with Gasteiger partial charge >= 0.3 is 0 Å². The molecule has 2 heteroatoms. The molecule has 1 heterocycles. The molecule has 0 radical (unpaired) electrons. The molecule has 2 atom stereocenters. The molecule has 2 unspecified atom stereocenters. The number of hydrogen-bond donors (Lipinski definition) is 1. The van der Waals surface area contributed by atoms with E-state index in [0.29, 0.717) is 6.04 Å². The van der Waals surface area contributed by atoms with E-state index in [4.69, 9.17) is 0 Å². The molecule has 0 aromatic rings. The second-order valence-corrected chi connectivity index (χ2v) is 3.85. The summed E-state index contributed by atoms with van der Waals surface area (Å²) in [5, 5.41) is 3.41. The second-order valence-electron chi connectivity index (χ2n) is 3.85. The van der Waals surface area contributed by atoms with Gasteiger partial charge in [0.1, 0.15) is 0 Å². The van der Waals surface area contributed by atoms with Gasteiger partial charge < -0.3 is 10.2 Å². The molecule has 0 aliphatic carbocycles. The summed E-state index contributed by atoms with van der Waals surface area (Å²) in [5.41, 5.74) is 0. The van der Waals surface area contributed by atoms with Gasteiger partial charge in [0, 0.05) is 12.1 Å². The van der Waals surface area contributed by atoms with Gasteiger partial charge in [-0.2, -0.15) is 0 Å². The lowest BCUT2D eigenvalue weighted by Gasteiger charge is -2.37. The predicted octanol–water partition coefficient (Wildman–Crippen LogP) is 1.47. The lowest BCUT2D eigenvalue weighted by molar-refractivity contribution is 0.146. The maximum atomic E-state index is 3.41. The second kappa shape index (κ2) is 4.83. The molecule has 0 amide bonds. The quantitative estimate of drug-likeness (QED) is 0.690. The number of likely N-dealkylation sites (N-methyl/N-ethyl adjacent to an activating group) is 2. The first-order chi connectivity index (χ1) is 5.79. The van der Waals surface area contributed by atoms with E-state index in [0.717, 1.165) is 6.04 Å². The molecule has 0 aromatic heterocycles. The Morgan fingerprint density at radius 1 is 1.50 bits per heavy atom. The van der Waals surface area contributed by atoms with Gasteiger partial charge in [0.2, 0.25) is 0 Å². The molecule has 1 fully saturated rings. The van der Waals surface area contributed by atoms with Crippen LogP contribution >= 0.6 is 0 Å². The standard InChI is InChI=1S/C10H22N2/c1-4-9(11-2)10-7-5-6-8-12(10)3/h9-11H,4-8H2,1-3H3. The topological polar surface area (TPSA) is 15.3 Å². The van der Waals surface area contributed by atoms with Crippen molar-refractivity contribution in [3.8, 4) is 0 Å². The van der Waals surface area contributed by atoms with E-state index in [-0.39, 0.29) is 0 Å². The van der Waals surface area contributed by atoms with Crippen molar-refractivity contribution < 1.29 is 0 Å². The van der Waals surface area contributed by atoms with Gasteiger partial charge in [0.15, 0.2) is 0 Å². The van der Waals surface area contributed by atoms with Gasteiger partial charge in [-0.3, -0.25) is 0 Å². The van der Waals surface area contributed by atoms with Crippen molar-refractivity contribution in [3.63, 3.8) is 0 Å². The Morgan fingerprint density at radius 2 is 2.25 bits per heavy atom. The van der Waals surface area contributed by atoms with E-state index >= 15 is 0 Å². The van der Waals surface area contributed by atoms with Crippen molar-refractivity contribution >= 4 is 0 Å². The molecule has 12 heavy (non-hydrogen) atoms. The van der Waals surface area contributed by atoms with Crippen molar-refractivity contribution in [2.75, 3.05) is 20.6 Å². The molecule has 1 saturated heterocycles. The summed E-state index contributed by atoms with van der Waals surface area (Å²) in [7, 11) is 4.33. The first kappa shape index (κ1) is 10.0. The Balaban J connectivity index is 2.45. The summed E-state index contributed by atoms with van der Waals surface area (Å²) in [5.74, 6) is 0. The normalized spacial score (nSPS) is 28.8. The van der Waals surface area contributed by atoms with Gasteiger partial charge in [0.05, 0.1) is 0 Å². The number of rotatable bonds is 3. The van der Waals surface area contributed by atoms with Crippen molar-refractivity contribution in [1.82, 2.24) is 10.2 Å². The highest BCUT2D eigenvalue weighted by Gasteiger charge is 2.24. The smallest absolute Gasteiger partial charge is 0.0246 e. The van der Waals surface area contributed by atoms with Crippen LogP contribution in [0, 0.1) is 0 Å². The fourth-order valence-electron chi connectivity index (χ4n) is 2.28. The third-order valence-electron chi connectivity index (χ3n) is 3.10. The summed E-state index contributed by atoms with van der Waals surface area (Å²) < 4.78 is 0. The fourth-order valence-corrected chi connectivity index (χ4v) is 2.28. The molecule has 0 aromatic carbocycles. The molecule has 1 aliphatic heterocycles. The van der Waals surface area contributed by atoms with Crippen molar-refractivity contribution in [2.24, 2.45) is 0 Å². The zero-order valence-corrected chi connectivity index (χ0v) is 8.64. The van der Waals surface area contributed by atoms with E-state index < -0.39 is 0 Å². The van der Waals surface area contributed by atoms with E-state index in [9.17, 15) is 0 Å². The molecular formula is C10H22N2. The van der Waals surface area contributed by atoms with Crippen molar-refractivity contribution in [1.29, 1.82) is 0 Å². The maximum absolute atomic E-state index is 3.41. The van der Waals surface area contributed by atoms with Gasteiger partial charge in [0.25, 0.3) is 0 Å². The summed E-state index contributed by atoms with van der Waals surface area (Å²) >= 11 is 0. The SMILES string of the molecule is CCC(NC)C1CCCCN1C. The predicted molar refractivity (Wildman–Crippen MR) is 53.4 cm³/mol. The summed E-state index contributed by atoms with van der Waals surface area (Å²) in [6, 6.07) is 1.46. The zero-order chi connectivity index (χ0) is 8.97. The summed E-state index contributed by atoms with van der Waals surface area (Å²) in [6.45, 7) is 3.55. The van der Waals surface area contributed by atoms with Crippen LogP contribution in [-0.4, -0.2) is 37.6 Å². The molecule has 1 N–H and O–H groups in total. The minimum Gasteiger partial charge on any atom is -0.315 e. The van der Waals surface area contributed by atoms with Crippen LogP contribution in [0.3, 0.4) is 0 Å². The van der Waals surface area contributed by atoms with Gasteiger partial charge in [-0.25, -0.2) is 0 Å². The van der Waals surface area contributed by atoms with E-state index in [1.165, 1.54) is 32.2 Å². The number of nitrogens with zero attached hydrogens (tertiary/aromatic N) is 1. The Kier molecular flexibility index (Phi) is 4.02. The number of hydrogen-bond acceptors (Lipinski definition) is 2. The molecule has 1 aliphatic rings. The largest absolute Gasteiger partial charge is 0.315 e. The first-order valence-electron chi connectivity index (χ1n) is 5.17. The van der Waals surface area contributed by atoms with Crippen LogP contribution in [0.2, 0.25) is 0 Å². The van der Waals surface area contributed by atoms with Crippen LogP contribution in [0.1, 0.15) is 32.6 Å². The third-order valence-corrected chi connectivity index (χ3v) is 3.10. The van der Waals surface area contributed by atoms with Crippen molar-refractivity contribution in [3.05, 3.63) is 0 Å². The minimum atomic E-state index is 0.690. The molecule has 2 nitrogen and oxygen atoms in total. The molecule has 0 spiro atoms. The zero-order valence-electron chi connectivity index (χ0n) is 8.64. The first-order valence-corrected chi connectivity index (χ1v) is 5.17. The lowest BCUT2D eigenvalue weighted by atomic mass is 9.95. The van der Waals surface area contributed by atoms with E-state index in [2.05, 4.69) is 31.2 Å². The molecular weight excluding hydrogens is 148 g/mol. The molecule has 1 rings (SSSR count). The van der Waals surface area contributed by atoms with E-state index in [1.807, 2.05) is 0 Å². The minimum absolute atomic E-state index is 0.690. The van der Waals surface area contributed by atoms with Crippen LogP contribution in [0.15, 0.2) is 0 Å². The van der Waals surface area contributed by atoms with Crippen LogP contribution in [-0.2, 0) is 0 Å². The Labute approximate surface area is 76.3 Å². The van der Waals surface area contributed by atoms with Crippen LogP contribution in [0.25, 0.3) is 0 Å². The highest BCUT2D eigenvalue weighted by atomic mass is 15.2. The van der Waals surface area contributed by atoms with Gasteiger partial charge in [-0.1, -0.05) is 13.3 Å². The number of likely N-dealkylation sites (tertiary alicyclic amines) is 1. The highest BCUT2D eigenvalue weighted by Crippen LogP contribution is 2.19. The van der Waals surface area contributed by atoms with Crippen LogP contribution in [0.4, 0.5) is 0 Å². The lowest BCUT2D eigenvalue weighted by Crippen LogP contribution is -2.49. The third kappa shape index (κ3) is 2.20. The Hall–Kier alpha value is -0.0800. The summed E-state index contributed by atoms with van der Waals surface area (Å²) in [4.78, 5) is 2.51. The van der Waals surface area contributed by atoms with Crippen LogP contribution < -0.4 is 5.32 Å². The average molecular weight is 170 g/mol. The average Bonchev–Trinajstić information content (AvgIpc) is 2.10. The monoisotopic (exact) mass is 170 g/mol. The summed E-state index contributed by atoms with van der Waals surface area (Å²) in [6.07, 6.45) is 5.40. The molecule has 72 valence electrons.